The summed E-state index contributed by atoms with van der Waals surface area (Å²) in [5, 5.41) is 11.6. The Morgan fingerprint density at radius 3 is 2.79 bits per heavy atom. The minimum Gasteiger partial charge on any atom is -0.454 e. The van der Waals surface area contributed by atoms with Crippen LogP contribution in [0.15, 0.2) is 41.1 Å². The zero-order valence-corrected chi connectivity index (χ0v) is 12.6. The monoisotopic (exact) mass is 330 g/mol. The third-order valence-electron chi connectivity index (χ3n) is 4.38. The molecular weight excluding hydrogens is 316 g/mol. The van der Waals surface area contributed by atoms with Crippen LogP contribution in [-0.2, 0) is 9.53 Å². The summed E-state index contributed by atoms with van der Waals surface area (Å²) in [6.07, 6.45) is 1.52. The second kappa shape index (κ2) is 5.26. The Balaban J connectivity index is 1.89. The van der Waals surface area contributed by atoms with Crippen molar-refractivity contribution in [3.8, 4) is 11.5 Å². The summed E-state index contributed by atoms with van der Waals surface area (Å²) < 4.78 is 16.0. The van der Waals surface area contributed by atoms with Gasteiger partial charge in [0, 0.05) is 12.8 Å². The first-order valence-electron chi connectivity index (χ1n) is 7.54. The number of Topliss-reactive ketones (excluding diaryl/α,β-unsaturated/α-hetero) is 1. The number of allylic oxidation sites excluding steroid dienone is 2. The first kappa shape index (κ1) is 14.6. The van der Waals surface area contributed by atoms with E-state index in [2.05, 4.69) is 0 Å². The lowest BCUT2D eigenvalue weighted by Gasteiger charge is -2.29. The van der Waals surface area contributed by atoms with Crippen LogP contribution in [0.4, 0.5) is 0 Å². The third-order valence-corrected chi connectivity index (χ3v) is 4.38. The zero-order chi connectivity index (χ0) is 16.8. The summed E-state index contributed by atoms with van der Waals surface area (Å²) in [5.41, 5.74) is 6.35. The standard InChI is InChI=1S/C16H14N2O6/c17-16-15(18(20)21)13(14-9(19)2-1-3-11(14)24-16)8-4-5-10-12(6-8)23-7-22-10/h4-6,13H,1-3,7,17H2/t13-/m0/s1. The Kier molecular flexibility index (Phi) is 3.19. The van der Waals surface area contributed by atoms with Gasteiger partial charge in [-0.2, -0.15) is 0 Å². The highest BCUT2D eigenvalue weighted by Crippen LogP contribution is 2.45. The van der Waals surface area contributed by atoms with Gasteiger partial charge in [0.2, 0.25) is 6.79 Å². The molecule has 0 amide bonds. The van der Waals surface area contributed by atoms with Gasteiger partial charge in [-0.1, -0.05) is 6.07 Å². The molecule has 0 saturated carbocycles. The maximum Gasteiger partial charge on any atom is 0.317 e. The highest BCUT2D eigenvalue weighted by Gasteiger charge is 2.44. The van der Waals surface area contributed by atoms with Gasteiger partial charge in [0.1, 0.15) is 11.7 Å². The molecule has 8 heteroatoms. The first-order chi connectivity index (χ1) is 11.6. The summed E-state index contributed by atoms with van der Waals surface area (Å²) in [5.74, 6) is 0.199. The summed E-state index contributed by atoms with van der Waals surface area (Å²) in [6.45, 7) is 0.0967. The van der Waals surface area contributed by atoms with Gasteiger partial charge >= 0.3 is 5.70 Å². The van der Waals surface area contributed by atoms with Crippen LogP contribution >= 0.6 is 0 Å². The van der Waals surface area contributed by atoms with Crippen molar-refractivity contribution in [1.29, 1.82) is 0 Å². The molecule has 1 aromatic carbocycles. The fourth-order valence-electron chi connectivity index (χ4n) is 3.34. The van der Waals surface area contributed by atoms with E-state index in [0.717, 1.165) is 0 Å². The summed E-state index contributed by atoms with van der Waals surface area (Å²) in [7, 11) is 0. The van der Waals surface area contributed by atoms with Gasteiger partial charge in [-0.3, -0.25) is 14.9 Å². The number of ether oxygens (including phenoxy) is 3. The molecule has 0 radical (unpaired) electrons. The lowest BCUT2D eigenvalue weighted by molar-refractivity contribution is -0.433. The number of ketones is 1. The summed E-state index contributed by atoms with van der Waals surface area (Å²) >= 11 is 0. The van der Waals surface area contributed by atoms with Crippen LogP contribution in [0.1, 0.15) is 30.7 Å². The van der Waals surface area contributed by atoms with E-state index in [1.807, 2.05) is 0 Å². The Labute approximate surface area is 136 Å². The van der Waals surface area contributed by atoms with Crippen molar-refractivity contribution in [3.05, 3.63) is 56.8 Å². The van der Waals surface area contributed by atoms with Gasteiger partial charge in [0.05, 0.1) is 10.5 Å². The minimum absolute atomic E-state index is 0.0967. The quantitative estimate of drug-likeness (QED) is 0.651. The zero-order valence-electron chi connectivity index (χ0n) is 12.6. The Morgan fingerprint density at radius 1 is 1.21 bits per heavy atom. The molecule has 0 spiro atoms. The Hall–Kier alpha value is -3.03. The smallest absolute Gasteiger partial charge is 0.317 e. The van der Waals surface area contributed by atoms with Gasteiger partial charge in [-0.25, -0.2) is 0 Å². The molecule has 0 bridgehead atoms. The molecule has 0 unspecified atom stereocenters. The number of fused-ring (bicyclic) bond motifs is 1. The number of hydrogen-bond acceptors (Lipinski definition) is 7. The maximum atomic E-state index is 12.4. The number of nitrogens with zero attached hydrogens (tertiary/aromatic N) is 1. The number of hydrogen-bond donors (Lipinski definition) is 1. The van der Waals surface area contributed by atoms with E-state index in [0.29, 0.717) is 47.7 Å². The normalized spacial score (nSPS) is 22.3. The van der Waals surface area contributed by atoms with Crippen LogP contribution in [0, 0.1) is 10.1 Å². The van der Waals surface area contributed by atoms with Crippen LogP contribution in [0.25, 0.3) is 0 Å². The van der Waals surface area contributed by atoms with Crippen molar-refractivity contribution in [2.24, 2.45) is 5.73 Å². The fraction of sp³-hybridized carbons (Fsp3) is 0.312. The molecule has 1 atom stereocenters. The van der Waals surface area contributed by atoms with Crippen molar-refractivity contribution in [1.82, 2.24) is 0 Å². The minimum atomic E-state index is -0.869. The molecule has 0 fully saturated rings. The molecule has 0 aromatic heterocycles. The summed E-state index contributed by atoms with van der Waals surface area (Å²) in [4.78, 5) is 23.4. The summed E-state index contributed by atoms with van der Waals surface area (Å²) in [6, 6.07) is 5.02. The third kappa shape index (κ3) is 2.10. The lowest BCUT2D eigenvalue weighted by atomic mass is 9.79. The van der Waals surface area contributed by atoms with Crippen molar-refractivity contribution < 1.29 is 23.9 Å². The van der Waals surface area contributed by atoms with Crippen molar-refractivity contribution in [3.63, 3.8) is 0 Å². The van der Waals surface area contributed by atoms with Crippen molar-refractivity contribution in [2.75, 3.05) is 6.79 Å². The van der Waals surface area contributed by atoms with E-state index in [1.165, 1.54) is 0 Å². The largest absolute Gasteiger partial charge is 0.454 e. The van der Waals surface area contributed by atoms with Crippen LogP contribution in [0.3, 0.4) is 0 Å². The number of rotatable bonds is 2. The van der Waals surface area contributed by atoms with Crippen LogP contribution in [-0.4, -0.2) is 17.5 Å². The molecular formula is C16H14N2O6. The fourth-order valence-corrected chi connectivity index (χ4v) is 3.34. The van der Waals surface area contributed by atoms with Crippen LogP contribution < -0.4 is 15.2 Å². The van der Waals surface area contributed by atoms with Gasteiger partial charge in [-0.15, -0.1) is 0 Å². The predicted octanol–water partition coefficient (Wildman–Crippen LogP) is 1.94. The van der Waals surface area contributed by atoms with Crippen molar-refractivity contribution in [2.45, 2.75) is 25.2 Å². The topological polar surface area (TPSA) is 114 Å². The highest BCUT2D eigenvalue weighted by molar-refractivity contribution is 5.99. The predicted molar refractivity (Wildman–Crippen MR) is 80.5 cm³/mol. The van der Waals surface area contributed by atoms with Crippen LogP contribution in [0.2, 0.25) is 0 Å². The van der Waals surface area contributed by atoms with Crippen LogP contribution in [0.5, 0.6) is 11.5 Å². The molecule has 2 aliphatic heterocycles. The molecule has 1 aromatic rings. The van der Waals surface area contributed by atoms with E-state index in [-0.39, 0.29) is 24.2 Å². The number of nitrogens with two attached hydrogens (primary N) is 1. The van der Waals surface area contributed by atoms with Crippen molar-refractivity contribution >= 4 is 5.78 Å². The number of nitro groups is 1. The average molecular weight is 330 g/mol. The van der Waals surface area contributed by atoms with Gasteiger partial charge in [-0.05, 0) is 24.1 Å². The van der Waals surface area contributed by atoms with Gasteiger partial charge in [0.25, 0.3) is 5.88 Å². The van der Waals surface area contributed by atoms with E-state index < -0.39 is 10.8 Å². The van der Waals surface area contributed by atoms with E-state index in [9.17, 15) is 14.9 Å². The Morgan fingerprint density at radius 2 is 2.00 bits per heavy atom. The Bertz CT molecular complexity index is 826. The maximum absolute atomic E-state index is 12.4. The number of carbonyl (C=O) groups is 1. The molecule has 24 heavy (non-hydrogen) atoms. The first-order valence-corrected chi connectivity index (χ1v) is 7.54. The molecule has 2 heterocycles. The van der Waals surface area contributed by atoms with Gasteiger partial charge < -0.3 is 19.9 Å². The highest BCUT2D eigenvalue weighted by atomic mass is 16.7. The molecule has 3 aliphatic rings. The SMILES string of the molecule is NC1=C([N+](=O)[O-])[C@@H](c2ccc3c(c2)OCO3)C2=C(CCCC2=O)O1. The van der Waals surface area contributed by atoms with E-state index in [4.69, 9.17) is 19.9 Å². The second-order valence-corrected chi connectivity index (χ2v) is 5.77. The molecule has 8 nitrogen and oxygen atoms in total. The number of carbonyl (C=O) groups excluding carboxylic acids is 1. The second-order valence-electron chi connectivity index (χ2n) is 5.77. The molecule has 1 aliphatic carbocycles. The lowest BCUT2D eigenvalue weighted by Crippen LogP contribution is -2.30. The molecule has 4 rings (SSSR count). The molecule has 124 valence electrons. The average Bonchev–Trinajstić information content (AvgIpc) is 3.00. The van der Waals surface area contributed by atoms with E-state index >= 15 is 0 Å². The van der Waals surface area contributed by atoms with E-state index in [1.54, 1.807) is 18.2 Å². The van der Waals surface area contributed by atoms with Gasteiger partial charge in [0.15, 0.2) is 17.3 Å². The molecule has 0 saturated heterocycles. The number of benzene rings is 1. The molecule has 2 N–H and O–H groups in total.